The Bertz CT molecular complexity index is 1380. The van der Waals surface area contributed by atoms with Gasteiger partial charge in [-0.05, 0) is 54.0 Å². The number of nitrogens with zero attached hydrogens (tertiary/aromatic N) is 1. The van der Waals surface area contributed by atoms with Crippen LogP contribution in [0.5, 0.6) is 0 Å². The Balaban J connectivity index is 1.34. The van der Waals surface area contributed by atoms with Crippen LogP contribution in [0.4, 0.5) is 4.79 Å². The highest BCUT2D eigenvalue weighted by atomic mass is 16.5. The summed E-state index contributed by atoms with van der Waals surface area (Å²) in [6, 6.07) is 24.6. The van der Waals surface area contributed by atoms with Gasteiger partial charge in [0.15, 0.2) is 0 Å². The van der Waals surface area contributed by atoms with Crippen molar-refractivity contribution in [3.05, 3.63) is 95.6 Å². The number of carbonyl (C=O) groups excluding carboxylic acids is 2. The lowest BCUT2D eigenvalue weighted by molar-refractivity contribution is -0.159. The van der Waals surface area contributed by atoms with Gasteiger partial charge in [0.25, 0.3) is 0 Å². The van der Waals surface area contributed by atoms with Crippen LogP contribution in [0.1, 0.15) is 62.1 Å². The first kappa shape index (κ1) is 29.3. The molecule has 3 atom stereocenters. The number of hydrogen-bond donors (Lipinski definition) is 2. The number of amides is 2. The Hall–Kier alpha value is -4.17. The Labute approximate surface area is 246 Å². The van der Waals surface area contributed by atoms with Crippen LogP contribution < -0.4 is 5.32 Å². The molecule has 2 amide bonds. The van der Waals surface area contributed by atoms with Gasteiger partial charge in [-0.1, -0.05) is 92.2 Å². The molecule has 42 heavy (non-hydrogen) atoms. The Kier molecular flexibility index (Phi) is 8.92. The number of likely N-dealkylation sites (tertiary alicyclic amines) is 1. The zero-order chi connectivity index (χ0) is 29.7. The van der Waals surface area contributed by atoms with Gasteiger partial charge in [0.1, 0.15) is 18.2 Å². The highest BCUT2D eigenvalue weighted by molar-refractivity contribution is 5.92. The largest absolute Gasteiger partial charge is 0.479 e. The predicted octanol–water partition coefficient (Wildman–Crippen LogP) is 5.74. The van der Waals surface area contributed by atoms with Crippen LogP contribution in [-0.4, -0.2) is 58.8 Å². The van der Waals surface area contributed by atoms with Gasteiger partial charge < -0.3 is 24.8 Å². The number of fused-ring (bicyclic) bond motifs is 3. The molecule has 8 heteroatoms. The van der Waals surface area contributed by atoms with Gasteiger partial charge in [0, 0.05) is 12.5 Å². The van der Waals surface area contributed by atoms with Gasteiger partial charge in [-0.15, -0.1) is 0 Å². The van der Waals surface area contributed by atoms with Crippen LogP contribution in [0.25, 0.3) is 11.1 Å². The monoisotopic (exact) mass is 570 g/mol. The van der Waals surface area contributed by atoms with E-state index in [1.54, 1.807) is 6.92 Å². The molecule has 0 saturated carbocycles. The zero-order valence-electron chi connectivity index (χ0n) is 24.1. The zero-order valence-corrected chi connectivity index (χ0v) is 24.1. The van der Waals surface area contributed by atoms with Crippen molar-refractivity contribution in [2.75, 3.05) is 13.2 Å². The molecule has 1 aliphatic heterocycles. The van der Waals surface area contributed by atoms with Crippen LogP contribution in [0.2, 0.25) is 0 Å². The topological polar surface area (TPSA) is 105 Å². The van der Waals surface area contributed by atoms with E-state index in [9.17, 15) is 19.5 Å². The Morgan fingerprint density at radius 1 is 0.976 bits per heavy atom. The fourth-order valence-corrected chi connectivity index (χ4v) is 6.42. The van der Waals surface area contributed by atoms with Gasteiger partial charge >= 0.3 is 12.1 Å². The summed E-state index contributed by atoms with van der Waals surface area (Å²) >= 11 is 0. The van der Waals surface area contributed by atoms with Crippen molar-refractivity contribution in [3.63, 3.8) is 0 Å². The van der Waals surface area contributed by atoms with Gasteiger partial charge in [-0.25, -0.2) is 9.59 Å². The minimum Gasteiger partial charge on any atom is -0.479 e. The molecule has 1 aliphatic carbocycles. The Morgan fingerprint density at radius 2 is 1.60 bits per heavy atom. The van der Waals surface area contributed by atoms with E-state index in [0.717, 1.165) is 27.8 Å². The number of ether oxygens (including phenoxy) is 2. The first-order valence-corrected chi connectivity index (χ1v) is 14.7. The minimum absolute atomic E-state index is 0.0959. The molecule has 220 valence electrons. The third-order valence-corrected chi connectivity index (χ3v) is 8.52. The number of alkyl carbamates (subject to hydrolysis) is 1. The third kappa shape index (κ3) is 5.77. The number of carbonyl (C=O) groups is 3. The smallest absolute Gasteiger partial charge is 0.407 e. The molecule has 8 nitrogen and oxygen atoms in total. The van der Waals surface area contributed by atoms with E-state index < -0.39 is 35.7 Å². The fourth-order valence-electron chi connectivity index (χ4n) is 6.42. The van der Waals surface area contributed by atoms with Crippen LogP contribution in [0.15, 0.2) is 78.9 Å². The summed E-state index contributed by atoms with van der Waals surface area (Å²) in [6.45, 7) is 4.26. The van der Waals surface area contributed by atoms with Crippen LogP contribution in [0, 0.1) is 0 Å². The molecule has 2 N–H and O–H groups in total. The van der Waals surface area contributed by atoms with Crippen molar-refractivity contribution >= 4 is 18.0 Å². The number of benzene rings is 3. The van der Waals surface area contributed by atoms with Gasteiger partial charge in [0.2, 0.25) is 5.91 Å². The molecule has 1 fully saturated rings. The summed E-state index contributed by atoms with van der Waals surface area (Å²) in [5.74, 6) is -1.63. The standard InChI is InChI=1S/C34H38N2O6/c1-3-18-34(32(38)39)19-11-20-36(34)31(37)30(23(2)41-21-24-12-5-4-6-13-24)35-33(40)42-22-29-27-16-9-7-14-25(27)26-15-8-10-17-28(26)29/h4-10,12-17,23,29-30H,3,11,18-22H2,1-2H3,(H,35,40)(H,38,39). The van der Waals surface area contributed by atoms with E-state index in [0.29, 0.717) is 32.2 Å². The second-order valence-corrected chi connectivity index (χ2v) is 11.1. The van der Waals surface area contributed by atoms with Crippen molar-refractivity contribution in [2.45, 2.75) is 69.7 Å². The molecule has 0 spiro atoms. The number of carboxylic acids is 1. The summed E-state index contributed by atoms with van der Waals surface area (Å²) in [5.41, 5.74) is 4.03. The van der Waals surface area contributed by atoms with Gasteiger partial charge in [-0.3, -0.25) is 4.79 Å². The van der Waals surface area contributed by atoms with Crippen molar-refractivity contribution < 1.29 is 29.0 Å². The average molecular weight is 571 g/mol. The molecular weight excluding hydrogens is 532 g/mol. The van der Waals surface area contributed by atoms with E-state index in [-0.39, 0.29) is 19.1 Å². The molecule has 2 aliphatic rings. The van der Waals surface area contributed by atoms with E-state index >= 15 is 0 Å². The summed E-state index contributed by atoms with van der Waals surface area (Å²) in [5, 5.41) is 12.9. The van der Waals surface area contributed by atoms with Crippen molar-refractivity contribution in [2.24, 2.45) is 0 Å². The van der Waals surface area contributed by atoms with E-state index in [4.69, 9.17) is 9.47 Å². The van der Waals surface area contributed by atoms with Crippen molar-refractivity contribution in [1.82, 2.24) is 10.2 Å². The molecule has 5 rings (SSSR count). The second kappa shape index (κ2) is 12.8. The molecule has 0 bridgehead atoms. The average Bonchev–Trinajstić information content (AvgIpc) is 3.58. The molecular formula is C34H38N2O6. The number of aliphatic carboxylic acids is 1. The second-order valence-electron chi connectivity index (χ2n) is 11.1. The summed E-state index contributed by atoms with van der Waals surface area (Å²) in [7, 11) is 0. The predicted molar refractivity (Wildman–Crippen MR) is 159 cm³/mol. The fraction of sp³-hybridized carbons (Fsp3) is 0.382. The number of hydrogen-bond acceptors (Lipinski definition) is 5. The molecule has 1 saturated heterocycles. The SMILES string of the molecule is CCCC1(C(=O)O)CCCN1C(=O)C(NC(=O)OCC1c2ccccc2-c2ccccc21)C(C)OCc1ccccc1. The Morgan fingerprint density at radius 3 is 2.21 bits per heavy atom. The van der Waals surface area contributed by atoms with Crippen LogP contribution in [0.3, 0.4) is 0 Å². The quantitative estimate of drug-likeness (QED) is 0.304. The number of rotatable bonds is 11. The van der Waals surface area contributed by atoms with Crippen LogP contribution >= 0.6 is 0 Å². The maximum absolute atomic E-state index is 14.0. The van der Waals surface area contributed by atoms with Crippen molar-refractivity contribution in [3.8, 4) is 11.1 Å². The van der Waals surface area contributed by atoms with E-state index in [1.165, 1.54) is 4.90 Å². The van der Waals surface area contributed by atoms with Gasteiger partial charge in [0.05, 0.1) is 12.7 Å². The first-order valence-electron chi connectivity index (χ1n) is 14.7. The number of nitrogens with one attached hydrogen (secondary N) is 1. The summed E-state index contributed by atoms with van der Waals surface area (Å²) < 4.78 is 11.8. The molecule has 3 unspecified atom stereocenters. The normalized spacial score (nSPS) is 19.0. The maximum Gasteiger partial charge on any atom is 0.407 e. The summed E-state index contributed by atoms with van der Waals surface area (Å²) in [6.07, 6.45) is 0.409. The molecule has 3 aromatic rings. The van der Waals surface area contributed by atoms with E-state index in [1.807, 2.05) is 73.7 Å². The highest BCUT2D eigenvalue weighted by Crippen LogP contribution is 2.44. The molecule has 0 radical (unpaired) electrons. The first-order chi connectivity index (χ1) is 20.4. The lowest BCUT2D eigenvalue weighted by Crippen LogP contribution is -2.61. The van der Waals surface area contributed by atoms with E-state index in [2.05, 4.69) is 17.4 Å². The number of carboxylic acid groups (broad SMARTS) is 1. The van der Waals surface area contributed by atoms with Crippen molar-refractivity contribution in [1.29, 1.82) is 0 Å². The van der Waals surface area contributed by atoms with Gasteiger partial charge in [-0.2, -0.15) is 0 Å². The third-order valence-electron chi connectivity index (χ3n) is 8.52. The molecule has 0 aromatic heterocycles. The summed E-state index contributed by atoms with van der Waals surface area (Å²) in [4.78, 5) is 41.2. The lowest BCUT2D eigenvalue weighted by atomic mass is 9.90. The molecule has 3 aromatic carbocycles. The molecule has 1 heterocycles. The maximum atomic E-state index is 14.0. The lowest BCUT2D eigenvalue weighted by Gasteiger charge is -2.38. The minimum atomic E-state index is -1.30. The van der Waals surface area contributed by atoms with Crippen LogP contribution in [-0.2, 0) is 25.7 Å². The highest BCUT2D eigenvalue weighted by Gasteiger charge is 2.51.